The maximum Gasteiger partial charge on any atom is 0.237 e. The van der Waals surface area contributed by atoms with E-state index in [1.54, 1.807) is 0 Å². The molecule has 1 aliphatic carbocycles. The number of carbonyl (C=O) groups is 1. The highest BCUT2D eigenvalue weighted by atomic mass is 16.3. The van der Waals surface area contributed by atoms with Crippen LogP contribution in [-0.4, -0.2) is 35.7 Å². The van der Waals surface area contributed by atoms with Crippen LogP contribution in [0.25, 0.3) is 0 Å². The number of rotatable bonds is 4. The molecule has 2 rings (SSSR count). The Morgan fingerprint density at radius 1 is 1.37 bits per heavy atom. The maximum atomic E-state index is 12.4. The van der Waals surface area contributed by atoms with Gasteiger partial charge in [0.05, 0.1) is 18.2 Å². The summed E-state index contributed by atoms with van der Waals surface area (Å²) in [5, 5.41) is 16.1. The molecule has 1 saturated carbocycles. The van der Waals surface area contributed by atoms with Gasteiger partial charge in [-0.25, -0.2) is 0 Å². The van der Waals surface area contributed by atoms with E-state index in [1.165, 1.54) is 12.8 Å². The van der Waals surface area contributed by atoms with Crippen LogP contribution >= 0.6 is 0 Å². The maximum absolute atomic E-state index is 12.4. The fourth-order valence-electron chi connectivity index (χ4n) is 3.47. The average Bonchev–Trinajstić information content (AvgIpc) is 2.48. The minimum Gasteiger partial charge on any atom is -0.394 e. The first-order valence-corrected chi connectivity index (χ1v) is 7.85. The third kappa shape index (κ3) is 3.69. The number of aliphatic hydroxyl groups is 1. The van der Waals surface area contributed by atoms with E-state index in [0.717, 1.165) is 45.1 Å². The number of hydrogen-bond donors (Lipinski definition) is 3. The molecule has 0 aromatic rings. The van der Waals surface area contributed by atoms with Crippen LogP contribution < -0.4 is 10.6 Å². The van der Waals surface area contributed by atoms with Gasteiger partial charge in [0.1, 0.15) is 0 Å². The second-order valence-corrected chi connectivity index (χ2v) is 6.29. The van der Waals surface area contributed by atoms with Crippen LogP contribution in [-0.2, 0) is 4.79 Å². The van der Waals surface area contributed by atoms with Gasteiger partial charge in [0.25, 0.3) is 0 Å². The molecule has 0 aromatic carbocycles. The van der Waals surface area contributed by atoms with Gasteiger partial charge < -0.3 is 15.7 Å². The lowest BCUT2D eigenvalue weighted by Crippen LogP contribution is -2.58. The quantitative estimate of drug-likeness (QED) is 0.725. The zero-order chi connectivity index (χ0) is 13.7. The Kier molecular flexibility index (Phi) is 5.22. The summed E-state index contributed by atoms with van der Waals surface area (Å²) in [7, 11) is 0. The van der Waals surface area contributed by atoms with Crippen LogP contribution in [0.2, 0.25) is 0 Å². The summed E-state index contributed by atoms with van der Waals surface area (Å²) in [5.74, 6) is 0.752. The first-order chi connectivity index (χ1) is 9.19. The van der Waals surface area contributed by atoms with Gasteiger partial charge in [-0.2, -0.15) is 0 Å². The number of piperidine rings is 1. The van der Waals surface area contributed by atoms with Gasteiger partial charge in [-0.15, -0.1) is 0 Å². The molecule has 19 heavy (non-hydrogen) atoms. The molecule has 2 atom stereocenters. The molecule has 3 N–H and O–H groups in total. The lowest BCUT2D eigenvalue weighted by atomic mass is 9.81. The van der Waals surface area contributed by atoms with E-state index >= 15 is 0 Å². The highest BCUT2D eigenvalue weighted by Gasteiger charge is 2.35. The van der Waals surface area contributed by atoms with E-state index in [4.69, 9.17) is 0 Å². The van der Waals surface area contributed by atoms with Crippen LogP contribution in [0.5, 0.6) is 0 Å². The zero-order valence-electron chi connectivity index (χ0n) is 12.1. The summed E-state index contributed by atoms with van der Waals surface area (Å²) >= 11 is 0. The van der Waals surface area contributed by atoms with Gasteiger partial charge in [-0.1, -0.05) is 32.6 Å². The van der Waals surface area contributed by atoms with E-state index in [-0.39, 0.29) is 24.1 Å². The van der Waals surface area contributed by atoms with Gasteiger partial charge in [0, 0.05) is 0 Å². The normalized spacial score (nSPS) is 30.8. The molecular weight excluding hydrogens is 240 g/mol. The summed E-state index contributed by atoms with van der Waals surface area (Å²) in [5.41, 5.74) is -0.351. The monoisotopic (exact) mass is 268 g/mol. The van der Waals surface area contributed by atoms with E-state index in [9.17, 15) is 9.90 Å². The molecule has 2 unspecified atom stereocenters. The minimum atomic E-state index is -0.351. The number of carbonyl (C=O) groups excluding carboxylic acids is 1. The van der Waals surface area contributed by atoms with Crippen molar-refractivity contribution in [1.29, 1.82) is 0 Å². The van der Waals surface area contributed by atoms with Gasteiger partial charge >= 0.3 is 0 Å². The Balaban J connectivity index is 1.91. The van der Waals surface area contributed by atoms with Crippen molar-refractivity contribution in [2.45, 2.75) is 69.9 Å². The number of nitrogens with one attached hydrogen (secondary N) is 2. The lowest BCUT2D eigenvalue weighted by molar-refractivity contribution is -0.127. The van der Waals surface area contributed by atoms with Gasteiger partial charge in [0.15, 0.2) is 0 Å². The van der Waals surface area contributed by atoms with Crippen molar-refractivity contribution in [2.24, 2.45) is 5.92 Å². The van der Waals surface area contributed by atoms with E-state index in [1.807, 2.05) is 0 Å². The highest BCUT2D eigenvalue weighted by molar-refractivity contribution is 5.82. The second-order valence-electron chi connectivity index (χ2n) is 6.29. The second kappa shape index (κ2) is 6.71. The van der Waals surface area contributed by atoms with Crippen molar-refractivity contribution in [3.05, 3.63) is 0 Å². The van der Waals surface area contributed by atoms with Crippen LogP contribution in [0.3, 0.4) is 0 Å². The van der Waals surface area contributed by atoms with E-state index in [0.29, 0.717) is 5.92 Å². The molecule has 1 heterocycles. The van der Waals surface area contributed by atoms with Crippen molar-refractivity contribution in [2.75, 3.05) is 13.2 Å². The fourth-order valence-corrected chi connectivity index (χ4v) is 3.47. The number of hydrogen-bond acceptors (Lipinski definition) is 3. The molecule has 0 bridgehead atoms. The van der Waals surface area contributed by atoms with Gasteiger partial charge in [-0.05, 0) is 38.1 Å². The predicted octanol–water partition coefficient (Wildman–Crippen LogP) is 1.58. The summed E-state index contributed by atoms with van der Waals surface area (Å²) in [6.45, 7) is 3.20. The molecular formula is C15H28N2O2. The number of aliphatic hydroxyl groups excluding tert-OH is 1. The van der Waals surface area contributed by atoms with Crippen molar-refractivity contribution in [1.82, 2.24) is 10.6 Å². The van der Waals surface area contributed by atoms with Crippen LogP contribution in [0.1, 0.15) is 58.3 Å². The van der Waals surface area contributed by atoms with Gasteiger partial charge in [0.2, 0.25) is 5.91 Å². The molecule has 1 amide bonds. The van der Waals surface area contributed by atoms with E-state index in [2.05, 4.69) is 17.6 Å². The Bertz CT molecular complexity index is 301. The fraction of sp³-hybridized carbons (Fsp3) is 0.933. The predicted molar refractivity (Wildman–Crippen MR) is 75.9 cm³/mol. The van der Waals surface area contributed by atoms with Crippen molar-refractivity contribution in [3.8, 4) is 0 Å². The van der Waals surface area contributed by atoms with Crippen molar-refractivity contribution in [3.63, 3.8) is 0 Å². The van der Waals surface area contributed by atoms with Crippen molar-refractivity contribution >= 4 is 5.91 Å². The van der Waals surface area contributed by atoms with Crippen LogP contribution in [0.15, 0.2) is 0 Å². The molecule has 0 spiro atoms. The third-order valence-electron chi connectivity index (χ3n) is 4.91. The molecule has 2 aliphatic rings. The third-order valence-corrected chi connectivity index (χ3v) is 4.91. The summed E-state index contributed by atoms with van der Waals surface area (Å²) in [4.78, 5) is 12.4. The molecule has 1 saturated heterocycles. The molecule has 4 heteroatoms. The number of amides is 1. The summed E-state index contributed by atoms with van der Waals surface area (Å²) in [6, 6.07) is -0.0657. The zero-order valence-corrected chi connectivity index (χ0v) is 12.1. The van der Waals surface area contributed by atoms with Crippen LogP contribution in [0.4, 0.5) is 0 Å². The largest absolute Gasteiger partial charge is 0.394 e. The Morgan fingerprint density at radius 2 is 2.11 bits per heavy atom. The molecule has 2 fully saturated rings. The molecule has 0 aromatic heterocycles. The van der Waals surface area contributed by atoms with Crippen molar-refractivity contribution < 1.29 is 9.90 Å². The standard InChI is InChI=1S/C15H28N2O2/c1-2-12-6-9-16-13(10-12)14(19)17-15(11-18)7-4-3-5-8-15/h12-13,16,18H,2-11H2,1H3,(H,17,19). The molecule has 1 aliphatic heterocycles. The first kappa shape index (κ1) is 14.8. The molecule has 110 valence electrons. The van der Waals surface area contributed by atoms with E-state index < -0.39 is 0 Å². The minimum absolute atomic E-state index is 0.0657. The topological polar surface area (TPSA) is 61.4 Å². The molecule has 0 radical (unpaired) electrons. The Labute approximate surface area is 116 Å². The summed E-state index contributed by atoms with van der Waals surface area (Å²) < 4.78 is 0. The smallest absolute Gasteiger partial charge is 0.237 e. The Hall–Kier alpha value is -0.610. The first-order valence-electron chi connectivity index (χ1n) is 7.85. The SMILES string of the molecule is CCC1CCNC(C(=O)NC2(CO)CCCCC2)C1. The van der Waals surface area contributed by atoms with Crippen LogP contribution in [0, 0.1) is 5.92 Å². The Morgan fingerprint density at radius 3 is 2.74 bits per heavy atom. The summed E-state index contributed by atoms with van der Waals surface area (Å²) in [6.07, 6.45) is 8.52. The average molecular weight is 268 g/mol. The lowest BCUT2D eigenvalue weighted by Gasteiger charge is -2.38. The van der Waals surface area contributed by atoms with Gasteiger partial charge in [-0.3, -0.25) is 4.79 Å². The highest BCUT2D eigenvalue weighted by Crippen LogP contribution is 2.28. The molecule has 4 nitrogen and oxygen atoms in total.